The summed E-state index contributed by atoms with van der Waals surface area (Å²) in [6, 6.07) is 0. The Kier molecular flexibility index (Phi) is 9.44. The summed E-state index contributed by atoms with van der Waals surface area (Å²) in [4.78, 5) is 0. The van der Waals surface area contributed by atoms with Gasteiger partial charge in [0.1, 0.15) is 12.4 Å². The number of aromatic nitrogens is 2. The van der Waals surface area contributed by atoms with E-state index in [2.05, 4.69) is 42.3 Å². The molecule has 0 spiro atoms. The van der Waals surface area contributed by atoms with Crippen molar-refractivity contribution >= 4 is 0 Å². The summed E-state index contributed by atoms with van der Waals surface area (Å²) in [5, 5.41) is 0. The van der Waals surface area contributed by atoms with Gasteiger partial charge in [-0.25, -0.2) is 9.13 Å². The first kappa shape index (κ1) is 17.3. The first-order valence-electron chi connectivity index (χ1n) is 8.90. The number of imidazole rings is 1. The van der Waals surface area contributed by atoms with Crippen LogP contribution in [0.2, 0.25) is 0 Å². The van der Waals surface area contributed by atoms with Crippen molar-refractivity contribution in [2.45, 2.75) is 98.1 Å². The third kappa shape index (κ3) is 6.11. The van der Waals surface area contributed by atoms with Crippen molar-refractivity contribution in [1.29, 1.82) is 0 Å². The van der Waals surface area contributed by atoms with Crippen molar-refractivity contribution in [3.63, 3.8) is 0 Å². The SMILES string of the molecule is CCCCCCCCC[n+]1ccn(CC)c1CCCC. The Morgan fingerprint density at radius 1 is 0.850 bits per heavy atom. The van der Waals surface area contributed by atoms with Crippen LogP contribution in [0.15, 0.2) is 12.4 Å². The van der Waals surface area contributed by atoms with Gasteiger partial charge in [-0.1, -0.05) is 52.4 Å². The molecule has 0 aliphatic rings. The summed E-state index contributed by atoms with van der Waals surface area (Å²) in [5.74, 6) is 1.53. The second kappa shape index (κ2) is 10.9. The third-order valence-corrected chi connectivity index (χ3v) is 4.19. The van der Waals surface area contributed by atoms with Crippen LogP contribution in [0.1, 0.15) is 84.4 Å². The van der Waals surface area contributed by atoms with Gasteiger partial charge in [0.25, 0.3) is 5.82 Å². The van der Waals surface area contributed by atoms with E-state index in [1.54, 1.807) is 0 Å². The fraction of sp³-hybridized carbons (Fsp3) is 0.833. The highest BCUT2D eigenvalue weighted by Gasteiger charge is 2.14. The molecule has 1 rings (SSSR count). The molecule has 2 nitrogen and oxygen atoms in total. The summed E-state index contributed by atoms with van der Waals surface area (Å²) in [6.07, 6.45) is 18.1. The smallest absolute Gasteiger partial charge is 0.235 e. The summed E-state index contributed by atoms with van der Waals surface area (Å²) in [6.45, 7) is 9.11. The molecule has 116 valence electrons. The highest BCUT2D eigenvalue weighted by atomic mass is 15.1. The van der Waals surface area contributed by atoms with Gasteiger partial charge in [-0.05, 0) is 26.2 Å². The van der Waals surface area contributed by atoms with Gasteiger partial charge in [-0.15, -0.1) is 0 Å². The van der Waals surface area contributed by atoms with E-state index in [1.807, 2.05) is 0 Å². The molecule has 0 unspecified atom stereocenters. The van der Waals surface area contributed by atoms with E-state index >= 15 is 0 Å². The molecule has 0 saturated heterocycles. The fourth-order valence-electron chi connectivity index (χ4n) is 2.85. The van der Waals surface area contributed by atoms with Crippen LogP contribution in [-0.4, -0.2) is 4.57 Å². The number of rotatable bonds is 12. The molecule has 0 N–H and O–H groups in total. The minimum absolute atomic E-state index is 1.10. The summed E-state index contributed by atoms with van der Waals surface area (Å²) < 4.78 is 4.90. The maximum absolute atomic E-state index is 2.49. The maximum Gasteiger partial charge on any atom is 0.256 e. The van der Waals surface area contributed by atoms with Crippen LogP contribution >= 0.6 is 0 Å². The molecule has 1 aromatic rings. The van der Waals surface area contributed by atoms with Gasteiger partial charge in [0.05, 0.1) is 13.1 Å². The normalized spacial score (nSPS) is 11.2. The maximum atomic E-state index is 2.49. The zero-order chi connectivity index (χ0) is 14.6. The fourth-order valence-corrected chi connectivity index (χ4v) is 2.85. The van der Waals surface area contributed by atoms with Crippen LogP contribution in [0.25, 0.3) is 0 Å². The average Bonchev–Trinajstić information content (AvgIpc) is 2.86. The highest BCUT2D eigenvalue weighted by Crippen LogP contribution is 2.08. The number of hydrogen-bond donors (Lipinski definition) is 0. The predicted molar refractivity (Wildman–Crippen MR) is 86.9 cm³/mol. The summed E-state index contributed by atoms with van der Waals surface area (Å²) in [5.41, 5.74) is 0. The van der Waals surface area contributed by atoms with E-state index in [0.29, 0.717) is 0 Å². The van der Waals surface area contributed by atoms with Crippen molar-refractivity contribution in [3.05, 3.63) is 18.2 Å². The zero-order valence-electron chi connectivity index (χ0n) is 14.0. The van der Waals surface area contributed by atoms with Crippen LogP contribution in [-0.2, 0) is 19.5 Å². The Morgan fingerprint density at radius 3 is 2.15 bits per heavy atom. The van der Waals surface area contributed by atoms with Crippen LogP contribution in [0, 0.1) is 0 Å². The monoisotopic (exact) mass is 279 g/mol. The number of hydrogen-bond acceptors (Lipinski definition) is 0. The average molecular weight is 279 g/mol. The molecule has 0 bridgehead atoms. The van der Waals surface area contributed by atoms with E-state index < -0.39 is 0 Å². The number of unbranched alkanes of at least 4 members (excludes halogenated alkanes) is 7. The van der Waals surface area contributed by atoms with Crippen LogP contribution in [0.5, 0.6) is 0 Å². The molecule has 2 heteroatoms. The van der Waals surface area contributed by atoms with Crippen LogP contribution in [0.4, 0.5) is 0 Å². The van der Waals surface area contributed by atoms with Gasteiger partial charge < -0.3 is 0 Å². The molecule has 1 aromatic heterocycles. The lowest BCUT2D eigenvalue weighted by Gasteiger charge is -2.04. The quantitative estimate of drug-likeness (QED) is 0.380. The van der Waals surface area contributed by atoms with E-state index in [9.17, 15) is 0 Å². The summed E-state index contributed by atoms with van der Waals surface area (Å²) in [7, 11) is 0. The number of aryl methyl sites for hydroxylation is 2. The van der Waals surface area contributed by atoms with Crippen molar-refractivity contribution in [3.8, 4) is 0 Å². The Labute approximate surface area is 126 Å². The molecule has 0 aliphatic carbocycles. The van der Waals surface area contributed by atoms with Crippen LogP contribution in [0.3, 0.4) is 0 Å². The van der Waals surface area contributed by atoms with Gasteiger partial charge in [-0.3, -0.25) is 0 Å². The lowest BCUT2D eigenvalue weighted by atomic mass is 10.1. The standard InChI is InChI=1S/C18H35N2/c1-4-7-9-10-11-12-13-15-20-17-16-19(6-3)18(20)14-8-5-2/h16-17H,4-15H2,1-3H3/q+1. The molecule has 0 fully saturated rings. The van der Waals surface area contributed by atoms with Crippen LogP contribution < -0.4 is 4.57 Å². The molecule has 0 radical (unpaired) electrons. The minimum atomic E-state index is 1.10. The highest BCUT2D eigenvalue weighted by molar-refractivity contribution is 4.83. The molecular weight excluding hydrogens is 244 g/mol. The van der Waals surface area contributed by atoms with E-state index in [-0.39, 0.29) is 0 Å². The van der Waals surface area contributed by atoms with Crippen molar-refractivity contribution in [2.75, 3.05) is 0 Å². The van der Waals surface area contributed by atoms with E-state index in [0.717, 1.165) is 6.54 Å². The topological polar surface area (TPSA) is 8.81 Å². The zero-order valence-corrected chi connectivity index (χ0v) is 14.0. The van der Waals surface area contributed by atoms with Gasteiger partial charge >= 0.3 is 0 Å². The first-order chi connectivity index (χ1) is 9.83. The van der Waals surface area contributed by atoms with Crippen molar-refractivity contribution in [1.82, 2.24) is 4.57 Å². The Bertz CT molecular complexity index is 341. The van der Waals surface area contributed by atoms with Gasteiger partial charge in [0.2, 0.25) is 0 Å². The van der Waals surface area contributed by atoms with E-state index in [4.69, 9.17) is 0 Å². The summed E-state index contributed by atoms with van der Waals surface area (Å²) >= 11 is 0. The predicted octanol–water partition coefficient (Wildman–Crippen LogP) is 4.89. The van der Waals surface area contributed by atoms with Gasteiger partial charge in [0, 0.05) is 6.42 Å². The van der Waals surface area contributed by atoms with Gasteiger partial charge in [-0.2, -0.15) is 0 Å². The first-order valence-corrected chi connectivity index (χ1v) is 8.90. The Morgan fingerprint density at radius 2 is 1.50 bits per heavy atom. The van der Waals surface area contributed by atoms with Crippen molar-refractivity contribution < 1.29 is 4.57 Å². The molecular formula is C18H35N2+. The van der Waals surface area contributed by atoms with Crippen molar-refractivity contribution in [2.24, 2.45) is 0 Å². The lowest BCUT2D eigenvalue weighted by Crippen LogP contribution is -2.37. The molecule has 0 aromatic carbocycles. The molecule has 0 atom stereocenters. The molecule has 0 saturated carbocycles. The second-order valence-electron chi connectivity index (χ2n) is 5.92. The molecule has 0 aliphatic heterocycles. The van der Waals surface area contributed by atoms with Gasteiger partial charge in [0.15, 0.2) is 0 Å². The van der Waals surface area contributed by atoms with E-state index in [1.165, 1.54) is 76.6 Å². The Balaban J connectivity index is 2.30. The third-order valence-electron chi connectivity index (χ3n) is 4.19. The lowest BCUT2D eigenvalue weighted by molar-refractivity contribution is -0.704. The molecule has 1 heterocycles. The Hall–Kier alpha value is -0.790. The second-order valence-corrected chi connectivity index (χ2v) is 5.92. The molecule has 20 heavy (non-hydrogen) atoms. The minimum Gasteiger partial charge on any atom is -0.235 e. The largest absolute Gasteiger partial charge is 0.256 e. The number of nitrogens with zero attached hydrogens (tertiary/aromatic N) is 2. The molecule has 0 amide bonds.